The van der Waals surface area contributed by atoms with Crippen molar-refractivity contribution in [1.82, 2.24) is 41.2 Å². The Balaban J connectivity index is 0.000000116. The highest BCUT2D eigenvalue weighted by Crippen LogP contribution is 2.53. The molecule has 5 aliphatic heterocycles. The van der Waals surface area contributed by atoms with Crippen molar-refractivity contribution in [3.05, 3.63) is 257 Å². The zero-order valence-electron chi connectivity index (χ0n) is 79.1. The number of esters is 3. The Labute approximate surface area is 840 Å². The van der Waals surface area contributed by atoms with Gasteiger partial charge in [0.15, 0.2) is 5.78 Å². The number of fused-ring (bicyclic) bond motifs is 40. The molecule has 9 heterocycles. The first-order valence-corrected chi connectivity index (χ1v) is 52.8. The van der Waals surface area contributed by atoms with Gasteiger partial charge in [-0.1, -0.05) is 61.5 Å². The van der Waals surface area contributed by atoms with Gasteiger partial charge in [-0.2, -0.15) is 9.59 Å². The molecule has 1 saturated heterocycles. The largest absolute Gasteiger partial charge is 0.643 e. The summed E-state index contributed by atoms with van der Waals surface area (Å²) in [7, 11) is 24.2. The Morgan fingerprint density at radius 3 is 1.13 bits per heavy atom. The van der Waals surface area contributed by atoms with Crippen LogP contribution < -0.4 is 40.2 Å². The number of methoxy groups -OCH3 is 6. The number of ketones is 1. The highest BCUT2D eigenvalue weighted by molar-refractivity contribution is 7.54. The van der Waals surface area contributed by atoms with Crippen molar-refractivity contribution in [2.45, 2.75) is 148 Å². The van der Waals surface area contributed by atoms with Gasteiger partial charge >= 0.3 is 35.4 Å². The van der Waals surface area contributed by atoms with Gasteiger partial charge in [0, 0.05) is 145 Å². The molecule has 2 atom stereocenters. The summed E-state index contributed by atoms with van der Waals surface area (Å²) in [5.41, 5.74) is 36.1. The lowest BCUT2D eigenvalue weighted by molar-refractivity contribution is -0.192. The lowest BCUT2D eigenvalue weighted by Crippen LogP contribution is -2.15. The van der Waals surface area contributed by atoms with Gasteiger partial charge < -0.3 is 79.5 Å². The lowest BCUT2D eigenvalue weighted by atomic mass is 9.80. The Bertz CT molecular complexity index is 8100. The Morgan fingerprint density at radius 1 is 0.413 bits per heavy atom. The second kappa shape index (κ2) is 41.0. The third-order valence-corrected chi connectivity index (χ3v) is 28.7. The summed E-state index contributed by atoms with van der Waals surface area (Å²) >= 11 is 3.22. The number of benzene rings is 12. The molecule has 4 amide bonds. The molecule has 2 unspecified atom stereocenters. The maximum absolute atomic E-state index is 13.1. The van der Waals surface area contributed by atoms with Crippen LogP contribution in [0.4, 0.5) is 0 Å². The van der Waals surface area contributed by atoms with E-state index in [4.69, 9.17) is 79.8 Å². The molecule has 16 aromatic rings. The minimum atomic E-state index is -1.72. The minimum absolute atomic E-state index is 0.0120. The molecule has 726 valence electrons. The Kier molecular flexibility index (Phi) is 27.9. The zero-order valence-corrected chi connectivity index (χ0v) is 83.3. The number of aliphatic hydroxyl groups excluding tert-OH is 1. The highest BCUT2D eigenvalue weighted by atomic mass is 35.8. The maximum atomic E-state index is 13.1. The summed E-state index contributed by atoms with van der Waals surface area (Å²) in [4.78, 5) is 140. The molecular formula is C111H97AlCl4N8O19. The molecule has 12 aromatic carbocycles. The van der Waals surface area contributed by atoms with Gasteiger partial charge in [-0.3, -0.25) is 43.2 Å². The fourth-order valence-electron chi connectivity index (χ4n) is 22.2. The average Bonchev–Trinajstić information content (AvgIpc) is 1.58. The number of cyclic esters (lactones) is 1. The van der Waals surface area contributed by atoms with Crippen LogP contribution >= 0.6 is 41.7 Å². The van der Waals surface area contributed by atoms with E-state index in [1.165, 1.54) is 63.9 Å². The molecule has 25 rings (SSSR count). The second-order valence-corrected chi connectivity index (χ2v) is 43.0. The van der Waals surface area contributed by atoms with E-state index in [1.807, 2.05) is 73.7 Å². The zero-order chi connectivity index (χ0) is 100. The third-order valence-electron chi connectivity index (χ3n) is 28.5. The number of aromatic nitrogens is 4. The van der Waals surface area contributed by atoms with Crippen LogP contribution in [0, 0.1) is 0 Å². The SMILES string of the molecule is CCCC(=O)Cl.COC(=O)CCC(=O)c1ccc2[nH]c3c4c(c5c(c3c2c1)CNC5=O)-c1ccc(OC)cc1CC4.COC(=O)CCC(O)c1ccc2[nH]c3c4c(c5c(c3c2c1)CNC5=O)-c1ccc(OC)cc1CC4.COc1ccc2c(c1)CCc1c-2c2c(c3c1[nH]c1ccc(C4CCC(=O)O4)cc13)CNC2=O.COc1ccc2c(c1)CCc1c-2c2c(c3c1[nH]c1ccccc13)CNC2=O.O=C=O.[Cl][Al]([Cl])[Cl]. The lowest BCUT2D eigenvalue weighted by Gasteiger charge is -2.23. The van der Waals surface area contributed by atoms with Crippen LogP contribution in [0.3, 0.4) is 0 Å². The molecule has 32 heteroatoms. The number of aryl methyl sites for hydroxylation is 8. The molecule has 143 heavy (non-hydrogen) atoms. The number of aromatic amines is 4. The number of hydrogen-bond acceptors (Lipinski definition) is 19. The summed E-state index contributed by atoms with van der Waals surface area (Å²) in [6, 6.07) is 50.5. The number of aliphatic hydroxyl groups is 1. The van der Waals surface area contributed by atoms with E-state index in [0.717, 1.165) is 263 Å². The number of hydrogen-bond donors (Lipinski definition) is 9. The highest BCUT2D eigenvalue weighted by Gasteiger charge is 2.40. The van der Waals surface area contributed by atoms with E-state index < -0.39 is 23.5 Å². The molecule has 0 radical (unpaired) electrons. The number of para-hydroxylation sites is 1. The monoisotopic (exact) mass is 2010 g/mol. The molecule has 9 aliphatic rings. The normalized spacial score (nSPS) is 14.7. The Morgan fingerprint density at radius 2 is 0.769 bits per heavy atom. The van der Waals surface area contributed by atoms with Crippen LogP contribution in [-0.4, -0.2) is 138 Å². The van der Waals surface area contributed by atoms with Crippen molar-refractivity contribution in [2.24, 2.45) is 0 Å². The van der Waals surface area contributed by atoms with E-state index in [9.17, 15) is 48.3 Å². The number of nitrogens with one attached hydrogen (secondary N) is 8. The smallest absolute Gasteiger partial charge is 0.497 e. The Hall–Kier alpha value is -14.3. The van der Waals surface area contributed by atoms with E-state index in [0.29, 0.717) is 51.0 Å². The fourth-order valence-corrected chi connectivity index (χ4v) is 22.4. The fraction of sp³-hybridized carbons (Fsp3) is 0.261. The van der Waals surface area contributed by atoms with Crippen LogP contribution in [0.25, 0.3) is 132 Å². The van der Waals surface area contributed by atoms with Crippen molar-refractivity contribution >= 4 is 199 Å². The van der Waals surface area contributed by atoms with Gasteiger partial charge in [-0.25, -0.2) is 30.1 Å². The van der Waals surface area contributed by atoms with Crippen molar-refractivity contribution in [2.75, 3.05) is 42.7 Å². The topological polar surface area (TPSA) is 384 Å². The van der Waals surface area contributed by atoms with E-state index >= 15 is 0 Å². The van der Waals surface area contributed by atoms with Gasteiger partial charge in [0.2, 0.25) is 5.24 Å². The van der Waals surface area contributed by atoms with E-state index in [2.05, 4.69) is 125 Å². The average molecular weight is 2020 g/mol. The van der Waals surface area contributed by atoms with Crippen LogP contribution in [0.15, 0.2) is 152 Å². The predicted octanol–water partition coefficient (Wildman–Crippen LogP) is 20.5. The molecule has 4 aliphatic carbocycles. The van der Waals surface area contributed by atoms with Gasteiger partial charge in [0.05, 0.1) is 99.5 Å². The quantitative estimate of drug-likeness (QED) is 0.0151. The van der Waals surface area contributed by atoms with Crippen LogP contribution in [-0.2, 0) is 121 Å². The maximum Gasteiger partial charge on any atom is 0.643 e. The van der Waals surface area contributed by atoms with Crippen molar-refractivity contribution in [3.8, 4) is 67.5 Å². The number of ether oxygens (including phenoxy) is 7. The number of Topliss-reactive ketones (excluding diaryl/α,β-unsaturated/α-hetero) is 1. The molecule has 4 aromatic heterocycles. The first-order valence-electron chi connectivity index (χ1n) is 47.2. The third kappa shape index (κ3) is 18.1. The number of H-pyrrole nitrogens is 4. The van der Waals surface area contributed by atoms with Gasteiger partial charge in [-0.05, 0) is 279 Å². The van der Waals surface area contributed by atoms with E-state index in [1.54, 1.807) is 34.5 Å². The van der Waals surface area contributed by atoms with Gasteiger partial charge in [0.1, 0.15) is 29.1 Å². The van der Waals surface area contributed by atoms with Crippen molar-refractivity contribution in [3.63, 3.8) is 0 Å². The molecular weight excluding hydrogens is 1920 g/mol. The number of carbonyl (C=O) groups excluding carboxylic acids is 11. The number of amides is 4. The van der Waals surface area contributed by atoms with Crippen molar-refractivity contribution in [1.29, 1.82) is 0 Å². The second-order valence-electron chi connectivity index (χ2n) is 36.2. The van der Waals surface area contributed by atoms with Gasteiger partial charge in [-0.15, -0.1) is 0 Å². The first-order chi connectivity index (χ1) is 69.3. The molecule has 27 nitrogen and oxygen atoms in total. The summed E-state index contributed by atoms with van der Waals surface area (Å²) in [5.74, 6) is 2.24. The molecule has 0 spiro atoms. The molecule has 1 fully saturated rings. The first kappa shape index (κ1) is 97.5. The summed E-state index contributed by atoms with van der Waals surface area (Å²) in [5, 5.41) is 31.2. The van der Waals surface area contributed by atoms with Crippen LogP contribution in [0.1, 0.15) is 200 Å². The summed E-state index contributed by atoms with van der Waals surface area (Å²) in [6.45, 7) is 3.92. The molecule has 0 bridgehead atoms. The van der Waals surface area contributed by atoms with Crippen LogP contribution in [0.2, 0.25) is 0 Å². The van der Waals surface area contributed by atoms with Crippen LogP contribution in [0.5, 0.6) is 23.0 Å². The van der Waals surface area contributed by atoms with Gasteiger partial charge in [0.25, 0.3) is 23.6 Å². The number of rotatable bonds is 15. The van der Waals surface area contributed by atoms with Crippen molar-refractivity contribution < 1.29 is 91.0 Å². The number of halogens is 4. The predicted molar refractivity (Wildman–Crippen MR) is 549 cm³/mol. The molecule has 9 N–H and O–H groups in total. The summed E-state index contributed by atoms with van der Waals surface area (Å²) in [6.07, 6.45) is 9.30. The molecule has 0 saturated carbocycles. The minimum Gasteiger partial charge on any atom is -0.497 e. The van der Waals surface area contributed by atoms with E-state index in [-0.39, 0.29) is 84.5 Å². The summed E-state index contributed by atoms with van der Waals surface area (Å²) < 4.78 is 36.6. The standard InChI is InChI=1S/C28H26N2O5.C28H24N2O5.C27H22N2O4.C23H18N2O2.C4H7ClO.CO2.Al.3ClH/c2*1-34-16-5-7-17-14(11-16)3-6-18-24(17)26-20(13-29-28(26)33)25-19-12-15(4-8-21(19)30-27(18)25)22(31)9-10-23(32)35-2;1-32-15-4-6-16-13(10-15)2-5-17-23(16)25-19(12-28-27(25)31)24-18-11-14(21-8-9-22(30)33-21)3-7-20(18)29-26(17)24;1-27-13-7-9-14-12(10-13)6-8-16-19(14)21-17(11-24-23(21)26)20-15-4-2-3-5-18(15)25-22(16)20;1-2-3-4(5)6;2-1-3;;;;/h4-5,7-8,11-12,22,30-31H,3,6,9-10,13H2,1-2H3,(H,29,33);4-5,7-8,11-12,30H,3,6,9-10,13H2,1-2H3,(H,29,33);3-4,6-7,10-11,21,29H,2,5,8-9,12H2,1H3,(H,28,31);2-5,7,9-10,25H,6,8,11H2,1H3,(H,24,26);2-3H2,1H3;;;3*1H/q;;;;;;+3;;;/p-3. The number of carbonyl (C=O) groups is 9.